The Kier molecular flexibility index (Phi) is 7.42. The zero-order chi connectivity index (χ0) is 23.0. The first-order valence-electron chi connectivity index (χ1n) is 10.8. The molecule has 0 saturated carbocycles. The highest BCUT2D eigenvalue weighted by molar-refractivity contribution is 7.99. The zero-order valence-corrected chi connectivity index (χ0v) is 19.5. The molecule has 1 N–H and O–H groups in total. The maximum absolute atomic E-state index is 12.5. The Morgan fingerprint density at radius 1 is 0.970 bits per heavy atom. The quantitative estimate of drug-likeness (QED) is 0.338. The smallest absolute Gasteiger partial charge is 0.234 e. The lowest BCUT2D eigenvalue weighted by Crippen LogP contribution is -2.14. The topological polar surface area (TPSA) is 69.0 Å². The van der Waals surface area contributed by atoms with Crippen LogP contribution in [0.1, 0.15) is 23.9 Å². The highest BCUT2D eigenvalue weighted by atomic mass is 32.2. The number of anilines is 1. The summed E-state index contributed by atoms with van der Waals surface area (Å²) in [5, 5.41) is 12.3. The summed E-state index contributed by atoms with van der Waals surface area (Å²) in [6, 6.07) is 25.6. The van der Waals surface area contributed by atoms with Crippen LogP contribution in [0.25, 0.3) is 5.69 Å². The predicted octanol–water partition coefficient (Wildman–Crippen LogP) is 5.45. The van der Waals surface area contributed by atoms with E-state index < -0.39 is 0 Å². The fourth-order valence-corrected chi connectivity index (χ4v) is 4.03. The molecule has 6 nitrogen and oxygen atoms in total. The van der Waals surface area contributed by atoms with E-state index in [1.165, 1.54) is 17.3 Å². The molecule has 7 heteroatoms. The maximum atomic E-state index is 12.5. The summed E-state index contributed by atoms with van der Waals surface area (Å²) in [7, 11) is 0. The van der Waals surface area contributed by atoms with Gasteiger partial charge in [0.15, 0.2) is 11.0 Å². The molecule has 4 rings (SSSR count). The fraction of sp³-hybridized carbons (Fsp3) is 0.192. The third-order valence-electron chi connectivity index (χ3n) is 5.08. The second-order valence-corrected chi connectivity index (χ2v) is 8.50. The van der Waals surface area contributed by atoms with E-state index in [2.05, 4.69) is 22.4 Å². The Bertz CT molecular complexity index is 1190. The van der Waals surface area contributed by atoms with Gasteiger partial charge in [-0.15, -0.1) is 10.2 Å². The summed E-state index contributed by atoms with van der Waals surface area (Å²) in [6.45, 7) is 4.41. The molecule has 0 aliphatic carbocycles. The molecule has 1 aromatic heterocycles. The van der Waals surface area contributed by atoms with Crippen molar-refractivity contribution in [2.45, 2.75) is 32.0 Å². The summed E-state index contributed by atoms with van der Waals surface area (Å²) in [6.07, 6.45) is 0.967. The minimum atomic E-state index is -0.0928. The number of benzene rings is 3. The lowest BCUT2D eigenvalue weighted by Gasteiger charge is -2.12. The summed E-state index contributed by atoms with van der Waals surface area (Å²) < 4.78 is 7.84. The van der Waals surface area contributed by atoms with Gasteiger partial charge in [0.1, 0.15) is 12.4 Å². The van der Waals surface area contributed by atoms with Crippen LogP contribution in [-0.4, -0.2) is 26.4 Å². The number of aromatic nitrogens is 3. The molecular formula is C26H26N4O2S. The van der Waals surface area contributed by atoms with Crippen LogP contribution in [0.15, 0.2) is 84.0 Å². The van der Waals surface area contributed by atoms with Crippen molar-refractivity contribution in [1.82, 2.24) is 14.8 Å². The standard InChI is InChI=1S/C26H26N4O2S/c1-3-20-11-13-21(14-12-20)27-25(31)18-33-26-29-28-24(17-32-23-7-5-4-6-8-23)30(26)22-15-9-19(2)10-16-22/h4-16H,3,17-18H2,1-2H3,(H,27,31). The number of carbonyl (C=O) groups is 1. The molecule has 3 aromatic carbocycles. The van der Waals surface area contributed by atoms with Gasteiger partial charge in [-0.2, -0.15) is 0 Å². The van der Waals surface area contributed by atoms with Gasteiger partial charge in [-0.25, -0.2) is 0 Å². The normalized spacial score (nSPS) is 10.7. The summed E-state index contributed by atoms with van der Waals surface area (Å²) in [4.78, 5) is 12.5. The van der Waals surface area contributed by atoms with Gasteiger partial charge >= 0.3 is 0 Å². The van der Waals surface area contributed by atoms with Crippen LogP contribution in [0.4, 0.5) is 5.69 Å². The molecule has 0 atom stereocenters. The first-order valence-corrected chi connectivity index (χ1v) is 11.8. The molecule has 1 heterocycles. The number of nitrogens with zero attached hydrogens (tertiary/aromatic N) is 3. The number of thioether (sulfide) groups is 1. The average molecular weight is 459 g/mol. The first-order chi connectivity index (χ1) is 16.1. The number of amides is 1. The highest BCUT2D eigenvalue weighted by Gasteiger charge is 2.16. The SMILES string of the molecule is CCc1ccc(NC(=O)CSc2nnc(COc3ccccc3)n2-c2ccc(C)cc2)cc1. The number of ether oxygens (including phenoxy) is 1. The second-order valence-electron chi connectivity index (χ2n) is 7.56. The number of carbonyl (C=O) groups excluding carboxylic acids is 1. The van der Waals surface area contributed by atoms with Crippen molar-refractivity contribution in [3.05, 3.63) is 95.8 Å². The molecule has 0 spiro atoms. The maximum Gasteiger partial charge on any atom is 0.234 e. The van der Waals surface area contributed by atoms with Gasteiger partial charge in [-0.05, 0) is 55.3 Å². The van der Waals surface area contributed by atoms with Crippen molar-refractivity contribution in [1.29, 1.82) is 0 Å². The van der Waals surface area contributed by atoms with Crippen LogP contribution in [-0.2, 0) is 17.8 Å². The van der Waals surface area contributed by atoms with Gasteiger partial charge in [-0.3, -0.25) is 9.36 Å². The van der Waals surface area contributed by atoms with Crippen molar-refractivity contribution in [3.8, 4) is 11.4 Å². The molecule has 0 aliphatic heterocycles. The van der Waals surface area contributed by atoms with Gasteiger partial charge in [0.25, 0.3) is 0 Å². The minimum absolute atomic E-state index is 0.0928. The van der Waals surface area contributed by atoms with E-state index in [1.807, 2.05) is 90.4 Å². The summed E-state index contributed by atoms with van der Waals surface area (Å²) >= 11 is 1.35. The number of nitrogens with one attached hydrogen (secondary N) is 1. The molecule has 0 aliphatic rings. The number of hydrogen-bond donors (Lipinski definition) is 1. The molecule has 0 saturated heterocycles. The molecule has 0 bridgehead atoms. The van der Waals surface area contributed by atoms with Crippen molar-refractivity contribution < 1.29 is 9.53 Å². The number of hydrogen-bond acceptors (Lipinski definition) is 5. The molecule has 4 aromatic rings. The van der Waals surface area contributed by atoms with Gasteiger partial charge in [0.2, 0.25) is 5.91 Å². The Morgan fingerprint density at radius 2 is 1.70 bits per heavy atom. The fourth-order valence-electron chi connectivity index (χ4n) is 3.26. The van der Waals surface area contributed by atoms with Gasteiger partial charge in [-0.1, -0.05) is 66.7 Å². The number of rotatable bonds is 9. The van der Waals surface area contributed by atoms with Crippen molar-refractivity contribution in [3.63, 3.8) is 0 Å². The molecule has 168 valence electrons. The lowest BCUT2D eigenvalue weighted by molar-refractivity contribution is -0.113. The largest absolute Gasteiger partial charge is 0.486 e. The number of para-hydroxylation sites is 1. The monoisotopic (exact) mass is 458 g/mol. The Labute approximate surface area is 198 Å². The average Bonchev–Trinajstić information content (AvgIpc) is 3.26. The second kappa shape index (κ2) is 10.8. The van der Waals surface area contributed by atoms with E-state index in [0.717, 1.165) is 29.1 Å². The summed E-state index contributed by atoms with van der Waals surface area (Å²) in [5.74, 6) is 1.56. The number of aryl methyl sites for hydroxylation is 2. The van der Waals surface area contributed by atoms with Crippen molar-refractivity contribution >= 4 is 23.4 Å². The predicted molar refractivity (Wildman–Crippen MR) is 132 cm³/mol. The Hall–Kier alpha value is -3.58. The van der Waals surface area contributed by atoms with Gasteiger partial charge in [0, 0.05) is 11.4 Å². The lowest BCUT2D eigenvalue weighted by atomic mass is 10.1. The molecular weight excluding hydrogens is 432 g/mol. The first kappa shape index (κ1) is 22.6. The van der Waals surface area contributed by atoms with Crippen LogP contribution in [0.5, 0.6) is 5.75 Å². The Morgan fingerprint density at radius 3 is 2.39 bits per heavy atom. The molecule has 0 unspecified atom stereocenters. The van der Waals surface area contributed by atoms with Gasteiger partial charge in [0.05, 0.1) is 5.75 Å². The van der Waals surface area contributed by atoms with E-state index in [1.54, 1.807) is 0 Å². The van der Waals surface area contributed by atoms with Crippen LogP contribution in [0.2, 0.25) is 0 Å². The summed E-state index contributed by atoms with van der Waals surface area (Å²) in [5.41, 5.74) is 4.11. The minimum Gasteiger partial charge on any atom is -0.486 e. The van der Waals surface area contributed by atoms with Crippen molar-refractivity contribution in [2.75, 3.05) is 11.1 Å². The molecule has 33 heavy (non-hydrogen) atoms. The van der Waals surface area contributed by atoms with Crippen molar-refractivity contribution in [2.24, 2.45) is 0 Å². The van der Waals surface area contributed by atoms with Gasteiger partial charge < -0.3 is 10.1 Å². The Balaban J connectivity index is 1.48. The van der Waals surface area contributed by atoms with Crippen LogP contribution in [0, 0.1) is 6.92 Å². The van der Waals surface area contributed by atoms with Crippen LogP contribution < -0.4 is 10.1 Å². The molecule has 0 radical (unpaired) electrons. The molecule has 1 amide bonds. The molecule has 0 fully saturated rings. The van der Waals surface area contributed by atoms with E-state index in [4.69, 9.17) is 4.74 Å². The van der Waals surface area contributed by atoms with Crippen LogP contribution >= 0.6 is 11.8 Å². The highest BCUT2D eigenvalue weighted by Crippen LogP contribution is 2.24. The van der Waals surface area contributed by atoms with E-state index in [9.17, 15) is 4.79 Å². The third-order valence-corrected chi connectivity index (χ3v) is 6.01. The van der Waals surface area contributed by atoms with E-state index >= 15 is 0 Å². The zero-order valence-electron chi connectivity index (χ0n) is 18.7. The van der Waals surface area contributed by atoms with E-state index in [0.29, 0.717) is 11.0 Å². The van der Waals surface area contributed by atoms with E-state index in [-0.39, 0.29) is 18.3 Å². The van der Waals surface area contributed by atoms with Crippen LogP contribution in [0.3, 0.4) is 0 Å². The third kappa shape index (κ3) is 6.02.